The van der Waals surface area contributed by atoms with E-state index in [1.54, 1.807) is 0 Å². The van der Waals surface area contributed by atoms with Crippen LogP contribution in [0.3, 0.4) is 0 Å². The number of hydrogen-bond acceptors (Lipinski definition) is 7. The summed E-state index contributed by atoms with van der Waals surface area (Å²) in [5.41, 5.74) is 0. The van der Waals surface area contributed by atoms with Crippen molar-refractivity contribution in [2.45, 2.75) is 32.4 Å². The second-order valence-corrected chi connectivity index (χ2v) is 6.54. The van der Waals surface area contributed by atoms with Gasteiger partial charge in [-0.1, -0.05) is 12.1 Å². The van der Waals surface area contributed by atoms with E-state index in [2.05, 4.69) is 27.0 Å². The lowest BCUT2D eigenvalue weighted by atomic mass is 10.2. The van der Waals surface area contributed by atoms with E-state index in [1.165, 1.54) is 0 Å². The van der Waals surface area contributed by atoms with Gasteiger partial charge in [0.2, 0.25) is 11.8 Å². The minimum Gasteiger partial charge on any atom is -0.378 e. The molecular weight excluding hydrogens is 310 g/mol. The number of carbonyl (C=O) groups excluding carboxylic acids is 1. The Morgan fingerprint density at radius 3 is 2.83 bits per heavy atom. The first-order valence-electron chi connectivity index (χ1n) is 8.75. The maximum Gasteiger partial charge on any atom is 0.236 e. The van der Waals surface area contributed by atoms with Gasteiger partial charge in [0, 0.05) is 38.6 Å². The molecule has 1 aromatic heterocycles. The Balaban J connectivity index is 1.44. The monoisotopic (exact) mass is 337 g/mol. The molecule has 0 N–H and O–H groups in total. The maximum atomic E-state index is 12.3. The highest BCUT2D eigenvalue weighted by Gasteiger charge is 2.29. The Morgan fingerprint density at radius 1 is 1.33 bits per heavy atom. The summed E-state index contributed by atoms with van der Waals surface area (Å²) in [5.74, 6) is 1.63. The van der Waals surface area contributed by atoms with Crippen molar-refractivity contribution >= 4 is 5.91 Å². The molecule has 8 nitrogen and oxygen atoms in total. The van der Waals surface area contributed by atoms with Crippen LogP contribution < -0.4 is 0 Å². The Bertz CT molecular complexity index is 544. The van der Waals surface area contributed by atoms with E-state index in [0.29, 0.717) is 51.3 Å². The molecule has 0 aromatic carbocycles. The number of nitrogens with zero attached hydrogens (tertiary/aromatic N) is 5. The number of rotatable bonds is 6. The molecule has 1 amide bonds. The van der Waals surface area contributed by atoms with Crippen LogP contribution in [-0.4, -0.2) is 89.8 Å². The van der Waals surface area contributed by atoms with Gasteiger partial charge in [0.1, 0.15) is 0 Å². The number of aryl methyl sites for hydroxylation is 1. The summed E-state index contributed by atoms with van der Waals surface area (Å²) >= 11 is 0. The van der Waals surface area contributed by atoms with Crippen LogP contribution >= 0.6 is 0 Å². The van der Waals surface area contributed by atoms with Gasteiger partial charge in [-0.05, 0) is 13.5 Å². The molecule has 2 saturated heterocycles. The SMILES string of the molecule is CCc1nc(CN(C)[C@H]2CCN(CC(=O)N3CCOCC3)C2)no1. The highest BCUT2D eigenvalue weighted by Crippen LogP contribution is 2.16. The van der Waals surface area contributed by atoms with Gasteiger partial charge in [-0.3, -0.25) is 14.6 Å². The fourth-order valence-electron chi connectivity index (χ4n) is 3.27. The molecule has 2 fully saturated rings. The molecule has 3 rings (SSSR count). The predicted octanol–water partition coefficient (Wildman–Crippen LogP) is -0.00310. The Kier molecular flexibility index (Phi) is 5.80. The third kappa shape index (κ3) is 4.31. The smallest absolute Gasteiger partial charge is 0.236 e. The molecule has 0 unspecified atom stereocenters. The van der Waals surface area contributed by atoms with Gasteiger partial charge in [0.05, 0.1) is 26.3 Å². The van der Waals surface area contributed by atoms with Crippen LogP contribution in [0.2, 0.25) is 0 Å². The van der Waals surface area contributed by atoms with Crippen molar-refractivity contribution in [1.82, 2.24) is 24.8 Å². The normalized spacial score (nSPS) is 22.5. The Hall–Kier alpha value is -1.51. The van der Waals surface area contributed by atoms with E-state index in [1.807, 2.05) is 11.8 Å². The Labute approximate surface area is 142 Å². The van der Waals surface area contributed by atoms with Gasteiger partial charge in [0.15, 0.2) is 5.82 Å². The van der Waals surface area contributed by atoms with Gasteiger partial charge in [-0.25, -0.2) is 0 Å². The summed E-state index contributed by atoms with van der Waals surface area (Å²) in [6, 6.07) is 0.422. The van der Waals surface area contributed by atoms with E-state index in [-0.39, 0.29) is 5.91 Å². The number of likely N-dealkylation sites (tertiary alicyclic amines) is 1. The van der Waals surface area contributed by atoms with Crippen LogP contribution in [0.4, 0.5) is 0 Å². The second kappa shape index (κ2) is 8.04. The minimum atomic E-state index is 0.215. The van der Waals surface area contributed by atoms with Gasteiger partial charge in [-0.2, -0.15) is 4.98 Å². The zero-order valence-electron chi connectivity index (χ0n) is 14.6. The van der Waals surface area contributed by atoms with E-state index in [4.69, 9.17) is 9.26 Å². The van der Waals surface area contributed by atoms with Crippen molar-refractivity contribution in [3.63, 3.8) is 0 Å². The zero-order valence-corrected chi connectivity index (χ0v) is 14.6. The van der Waals surface area contributed by atoms with Crippen molar-refractivity contribution in [1.29, 1.82) is 0 Å². The minimum absolute atomic E-state index is 0.215. The molecule has 0 bridgehead atoms. The molecule has 8 heteroatoms. The zero-order chi connectivity index (χ0) is 16.9. The van der Waals surface area contributed by atoms with Crippen LogP contribution in [0.5, 0.6) is 0 Å². The topological polar surface area (TPSA) is 74.9 Å². The summed E-state index contributed by atoms with van der Waals surface area (Å²) in [6.45, 7) is 7.79. The molecule has 24 heavy (non-hydrogen) atoms. The van der Waals surface area contributed by atoms with Crippen LogP contribution in [0.15, 0.2) is 4.52 Å². The molecule has 0 spiro atoms. The molecule has 2 aliphatic heterocycles. The predicted molar refractivity (Wildman–Crippen MR) is 87.4 cm³/mol. The van der Waals surface area contributed by atoms with Crippen LogP contribution in [0.25, 0.3) is 0 Å². The van der Waals surface area contributed by atoms with E-state index >= 15 is 0 Å². The third-order valence-corrected chi connectivity index (χ3v) is 4.80. The average molecular weight is 337 g/mol. The summed E-state index contributed by atoms with van der Waals surface area (Å²) in [7, 11) is 2.08. The fourth-order valence-corrected chi connectivity index (χ4v) is 3.27. The first-order chi connectivity index (χ1) is 11.7. The van der Waals surface area contributed by atoms with Crippen LogP contribution in [0.1, 0.15) is 25.1 Å². The summed E-state index contributed by atoms with van der Waals surface area (Å²) in [5, 5.41) is 4.01. The van der Waals surface area contributed by atoms with E-state index in [0.717, 1.165) is 31.8 Å². The third-order valence-electron chi connectivity index (χ3n) is 4.80. The summed E-state index contributed by atoms with van der Waals surface area (Å²) < 4.78 is 10.5. The number of carbonyl (C=O) groups is 1. The first kappa shape index (κ1) is 17.3. The van der Waals surface area contributed by atoms with Crippen molar-refractivity contribution in [2.24, 2.45) is 0 Å². The number of morpholine rings is 1. The lowest BCUT2D eigenvalue weighted by molar-refractivity contribution is -0.136. The van der Waals surface area contributed by atoms with Crippen molar-refractivity contribution < 1.29 is 14.1 Å². The fraction of sp³-hybridized carbons (Fsp3) is 0.812. The van der Waals surface area contributed by atoms with Gasteiger partial charge < -0.3 is 14.2 Å². The standard InChI is InChI=1S/C16H27N5O3/c1-3-15-17-14(18-24-15)11-19(2)13-4-5-20(10-13)12-16(22)21-6-8-23-9-7-21/h13H,3-12H2,1-2H3/t13-/m0/s1. The van der Waals surface area contributed by atoms with E-state index < -0.39 is 0 Å². The van der Waals surface area contributed by atoms with Gasteiger partial charge in [-0.15, -0.1) is 0 Å². The molecule has 1 atom stereocenters. The highest BCUT2D eigenvalue weighted by atomic mass is 16.5. The van der Waals surface area contributed by atoms with Crippen molar-refractivity contribution in [3.8, 4) is 0 Å². The van der Waals surface area contributed by atoms with Crippen molar-refractivity contribution in [3.05, 3.63) is 11.7 Å². The van der Waals surface area contributed by atoms with Gasteiger partial charge in [0.25, 0.3) is 0 Å². The molecule has 1 aromatic rings. The molecule has 0 aliphatic carbocycles. The molecule has 0 saturated carbocycles. The lowest BCUT2D eigenvalue weighted by Crippen LogP contribution is -2.45. The number of amides is 1. The molecule has 2 aliphatic rings. The summed E-state index contributed by atoms with van der Waals surface area (Å²) in [6.07, 6.45) is 1.82. The van der Waals surface area contributed by atoms with Gasteiger partial charge >= 0.3 is 0 Å². The average Bonchev–Trinajstić information content (AvgIpc) is 3.25. The number of aromatic nitrogens is 2. The second-order valence-electron chi connectivity index (χ2n) is 6.54. The highest BCUT2D eigenvalue weighted by molar-refractivity contribution is 5.78. The van der Waals surface area contributed by atoms with Crippen LogP contribution in [-0.2, 0) is 22.5 Å². The number of ether oxygens (including phenoxy) is 1. The molecule has 134 valence electrons. The number of likely N-dealkylation sites (N-methyl/N-ethyl adjacent to an activating group) is 1. The quantitative estimate of drug-likeness (QED) is 0.723. The first-order valence-corrected chi connectivity index (χ1v) is 8.75. The molecule has 0 radical (unpaired) electrons. The molecule has 3 heterocycles. The molecular formula is C16H27N5O3. The van der Waals surface area contributed by atoms with Crippen LogP contribution in [0, 0.1) is 0 Å². The van der Waals surface area contributed by atoms with Crippen molar-refractivity contribution in [2.75, 3.05) is 53.0 Å². The summed E-state index contributed by atoms with van der Waals surface area (Å²) in [4.78, 5) is 23.1. The van der Waals surface area contributed by atoms with E-state index in [9.17, 15) is 4.79 Å². The largest absolute Gasteiger partial charge is 0.378 e. The lowest BCUT2D eigenvalue weighted by Gasteiger charge is -2.29. The number of hydrogen-bond donors (Lipinski definition) is 0. The maximum absolute atomic E-state index is 12.3. The Morgan fingerprint density at radius 2 is 2.12 bits per heavy atom.